The molecule has 0 bridgehead atoms. The number of hydrogen-bond donors (Lipinski definition) is 5. The number of aromatic hydroxyl groups is 1. The van der Waals surface area contributed by atoms with Crippen LogP contribution in [0, 0.1) is 0 Å². The van der Waals surface area contributed by atoms with Gasteiger partial charge < -0.3 is 30.3 Å². The summed E-state index contributed by atoms with van der Waals surface area (Å²) in [5.41, 5.74) is 5.30. The van der Waals surface area contributed by atoms with Crippen LogP contribution in [-0.4, -0.2) is 80.8 Å². The third-order valence-electron chi connectivity index (χ3n) is 7.74. The number of phenols is 1. The van der Waals surface area contributed by atoms with E-state index in [1.54, 1.807) is 0 Å². The van der Waals surface area contributed by atoms with Crippen molar-refractivity contribution in [2.75, 3.05) is 26.2 Å². The molecule has 218 valence electrons. The van der Waals surface area contributed by atoms with Gasteiger partial charge in [0.2, 0.25) is 0 Å². The SMILES string of the molecule is O=C(O)[C@@H](O)[C@H](O)C(=O)O.Oc1ccc2c(c1)CC[C@H](c1ccccc1)[C@H]2c1ccc(OCCN2CCCC2)cc1. The summed E-state index contributed by atoms with van der Waals surface area (Å²) < 4.78 is 6.03. The lowest BCUT2D eigenvalue weighted by Crippen LogP contribution is -2.39. The molecule has 4 atom stereocenters. The summed E-state index contributed by atoms with van der Waals surface area (Å²) in [7, 11) is 0. The third-order valence-corrected chi connectivity index (χ3v) is 7.74. The highest BCUT2D eigenvalue weighted by atomic mass is 16.5. The maximum absolute atomic E-state index is 10.0. The van der Waals surface area contributed by atoms with Crippen LogP contribution in [0.2, 0.25) is 0 Å². The molecule has 1 aliphatic heterocycles. The molecule has 1 heterocycles. The van der Waals surface area contributed by atoms with Gasteiger partial charge in [-0.25, -0.2) is 9.59 Å². The number of carbonyl (C=O) groups is 2. The number of aliphatic hydroxyl groups excluding tert-OH is 2. The molecule has 1 saturated heterocycles. The fraction of sp³-hybridized carbons (Fsp3) is 0.375. The van der Waals surface area contributed by atoms with Gasteiger partial charge >= 0.3 is 11.9 Å². The summed E-state index contributed by atoms with van der Waals surface area (Å²) in [5, 5.41) is 42.5. The lowest BCUT2D eigenvalue weighted by molar-refractivity contribution is -0.165. The first-order valence-corrected chi connectivity index (χ1v) is 13.9. The summed E-state index contributed by atoms with van der Waals surface area (Å²) in [6.45, 7) is 4.18. The van der Waals surface area contributed by atoms with Crippen LogP contribution in [0.1, 0.15) is 53.4 Å². The van der Waals surface area contributed by atoms with Gasteiger partial charge in [0.25, 0.3) is 0 Å². The Morgan fingerprint density at radius 2 is 1.49 bits per heavy atom. The average Bonchev–Trinajstić information content (AvgIpc) is 3.50. The molecule has 3 aromatic rings. The number of carboxylic acids is 2. The number of benzene rings is 3. The number of nitrogens with zero attached hydrogens (tertiary/aromatic N) is 1. The zero-order valence-electron chi connectivity index (χ0n) is 22.8. The van der Waals surface area contributed by atoms with Gasteiger partial charge in [-0.05, 0) is 91.2 Å². The predicted molar refractivity (Wildman–Crippen MR) is 152 cm³/mol. The molecule has 5 N–H and O–H groups in total. The smallest absolute Gasteiger partial charge is 0.335 e. The zero-order valence-corrected chi connectivity index (χ0v) is 22.8. The number of aryl methyl sites for hydroxylation is 1. The van der Waals surface area contributed by atoms with Crippen LogP contribution in [0.15, 0.2) is 72.8 Å². The molecule has 3 aromatic carbocycles. The van der Waals surface area contributed by atoms with Gasteiger partial charge in [-0.1, -0.05) is 48.5 Å². The lowest BCUT2D eigenvalue weighted by atomic mass is 9.69. The van der Waals surface area contributed by atoms with Crippen molar-refractivity contribution in [3.63, 3.8) is 0 Å². The first kappa shape index (κ1) is 30.0. The Hall–Kier alpha value is -3.92. The summed E-state index contributed by atoms with van der Waals surface area (Å²) in [5.74, 6) is -1.52. The van der Waals surface area contributed by atoms with Crippen molar-refractivity contribution >= 4 is 11.9 Å². The van der Waals surface area contributed by atoms with Crippen molar-refractivity contribution in [1.29, 1.82) is 0 Å². The van der Waals surface area contributed by atoms with E-state index in [-0.39, 0.29) is 5.92 Å². The normalized spacial score (nSPS) is 19.8. The fourth-order valence-electron chi connectivity index (χ4n) is 5.62. The number of phenolic OH excluding ortho intramolecular Hbond substituents is 1. The molecule has 9 nitrogen and oxygen atoms in total. The quantitative estimate of drug-likeness (QED) is 0.263. The topological polar surface area (TPSA) is 148 Å². The van der Waals surface area contributed by atoms with Crippen molar-refractivity contribution in [1.82, 2.24) is 4.90 Å². The second-order valence-corrected chi connectivity index (χ2v) is 10.4. The van der Waals surface area contributed by atoms with E-state index in [9.17, 15) is 14.7 Å². The van der Waals surface area contributed by atoms with Crippen molar-refractivity contribution in [3.05, 3.63) is 95.1 Å². The van der Waals surface area contributed by atoms with E-state index < -0.39 is 24.1 Å². The molecule has 1 aliphatic carbocycles. The lowest BCUT2D eigenvalue weighted by Gasteiger charge is -2.35. The Morgan fingerprint density at radius 3 is 2.10 bits per heavy atom. The van der Waals surface area contributed by atoms with Crippen LogP contribution in [0.4, 0.5) is 0 Å². The predicted octanol–water partition coefficient (Wildman–Crippen LogP) is 3.61. The monoisotopic (exact) mass is 563 g/mol. The second kappa shape index (κ2) is 14.1. The van der Waals surface area contributed by atoms with Crippen LogP contribution in [-0.2, 0) is 16.0 Å². The van der Waals surface area contributed by atoms with Crippen LogP contribution in [0.25, 0.3) is 0 Å². The Bertz CT molecular complexity index is 1270. The summed E-state index contributed by atoms with van der Waals surface area (Å²) in [6.07, 6.45) is 0.182. The van der Waals surface area contributed by atoms with E-state index in [4.69, 9.17) is 25.2 Å². The Kier molecular flexibility index (Phi) is 10.3. The summed E-state index contributed by atoms with van der Waals surface area (Å²) >= 11 is 0. The van der Waals surface area contributed by atoms with Gasteiger partial charge in [-0.3, -0.25) is 4.90 Å². The van der Waals surface area contributed by atoms with Gasteiger partial charge in [-0.2, -0.15) is 0 Å². The highest BCUT2D eigenvalue weighted by Gasteiger charge is 2.32. The van der Waals surface area contributed by atoms with Crippen LogP contribution >= 0.6 is 0 Å². The van der Waals surface area contributed by atoms with E-state index in [0.29, 0.717) is 11.7 Å². The van der Waals surface area contributed by atoms with Gasteiger partial charge in [-0.15, -0.1) is 0 Å². The van der Waals surface area contributed by atoms with E-state index in [2.05, 4.69) is 65.6 Å². The number of rotatable bonds is 9. The minimum absolute atomic E-state index is 0.283. The number of likely N-dealkylation sites (tertiary alicyclic amines) is 1. The Balaban J connectivity index is 0.000000334. The van der Waals surface area contributed by atoms with Crippen molar-refractivity contribution in [3.8, 4) is 11.5 Å². The molecule has 1 fully saturated rings. The Morgan fingerprint density at radius 1 is 0.854 bits per heavy atom. The summed E-state index contributed by atoms with van der Waals surface area (Å²) in [6, 6.07) is 25.4. The third kappa shape index (κ3) is 7.85. The molecule has 0 spiro atoms. The Labute approximate surface area is 239 Å². The van der Waals surface area contributed by atoms with Gasteiger partial charge in [0.05, 0.1) is 0 Å². The van der Waals surface area contributed by atoms with Crippen LogP contribution in [0.5, 0.6) is 11.5 Å². The van der Waals surface area contributed by atoms with Crippen molar-refractivity contribution < 1.29 is 39.9 Å². The number of aliphatic carboxylic acids is 2. The molecule has 0 saturated carbocycles. The van der Waals surface area contributed by atoms with Gasteiger partial charge in [0.1, 0.15) is 18.1 Å². The highest BCUT2D eigenvalue weighted by Crippen LogP contribution is 2.47. The summed E-state index contributed by atoms with van der Waals surface area (Å²) in [4.78, 5) is 22.0. The number of aliphatic hydroxyl groups is 2. The molecule has 0 amide bonds. The minimum atomic E-state index is -2.27. The van der Waals surface area contributed by atoms with E-state index in [1.165, 1.54) is 48.2 Å². The molecular weight excluding hydrogens is 526 g/mol. The molecule has 2 aliphatic rings. The largest absolute Gasteiger partial charge is 0.508 e. The maximum Gasteiger partial charge on any atom is 0.335 e. The van der Waals surface area contributed by atoms with E-state index in [1.807, 2.05) is 12.1 Å². The molecule has 41 heavy (non-hydrogen) atoms. The second-order valence-electron chi connectivity index (χ2n) is 10.4. The van der Waals surface area contributed by atoms with Crippen molar-refractivity contribution in [2.45, 2.75) is 49.7 Å². The average molecular weight is 564 g/mol. The number of fused-ring (bicyclic) bond motifs is 1. The van der Waals surface area contributed by atoms with Crippen LogP contribution < -0.4 is 4.74 Å². The number of hydrogen-bond acceptors (Lipinski definition) is 7. The van der Waals surface area contributed by atoms with E-state index >= 15 is 0 Å². The van der Waals surface area contributed by atoms with Crippen molar-refractivity contribution in [2.24, 2.45) is 0 Å². The molecule has 5 rings (SSSR count). The molecule has 9 heteroatoms. The molecule has 0 aromatic heterocycles. The molecular formula is C32H37NO8. The zero-order chi connectivity index (χ0) is 29.4. The molecule has 0 unspecified atom stereocenters. The fourth-order valence-corrected chi connectivity index (χ4v) is 5.62. The van der Waals surface area contributed by atoms with E-state index in [0.717, 1.165) is 31.7 Å². The van der Waals surface area contributed by atoms with Gasteiger partial charge in [0, 0.05) is 12.5 Å². The maximum atomic E-state index is 10.0. The first-order chi connectivity index (χ1) is 19.7. The van der Waals surface area contributed by atoms with Crippen LogP contribution in [0.3, 0.4) is 0 Å². The first-order valence-electron chi connectivity index (χ1n) is 13.9. The number of ether oxygens (including phenoxy) is 1. The standard InChI is InChI=1S/C28H31NO2.C4H6O6/c30-24-11-15-27-23(20-24)10-14-26(21-6-2-1-3-7-21)28(27)22-8-12-25(13-9-22)31-19-18-29-16-4-5-17-29;5-1(3(7)8)2(6)4(9)10/h1-3,6-9,11-13,15,20,26,28,30H,4-5,10,14,16-19H2;1-2,5-6H,(H,7,8)(H,9,10)/t26-,28-;1-,2-/m10/s1. The minimum Gasteiger partial charge on any atom is -0.508 e. The highest BCUT2D eigenvalue weighted by molar-refractivity contribution is 5.83. The number of carboxylic acid groups (broad SMARTS) is 2. The van der Waals surface area contributed by atoms with Gasteiger partial charge in [0.15, 0.2) is 12.2 Å². The molecule has 0 radical (unpaired) electrons.